The summed E-state index contributed by atoms with van der Waals surface area (Å²) in [5, 5.41) is 0. The highest BCUT2D eigenvalue weighted by Crippen LogP contribution is 2.27. The fraction of sp³-hybridized carbons (Fsp3) is 0.235. The summed E-state index contributed by atoms with van der Waals surface area (Å²) in [4.78, 5) is 0. The number of rotatable bonds is 1. The molecule has 3 aromatic rings. The van der Waals surface area contributed by atoms with Crippen LogP contribution < -0.4 is 4.57 Å². The van der Waals surface area contributed by atoms with E-state index in [9.17, 15) is 0 Å². The summed E-state index contributed by atoms with van der Waals surface area (Å²) in [6, 6.07) is 10.9. The van der Waals surface area contributed by atoms with E-state index in [1.54, 1.807) is 0 Å². The van der Waals surface area contributed by atoms with Gasteiger partial charge in [-0.3, -0.25) is 0 Å². The lowest BCUT2D eigenvalue weighted by Crippen LogP contribution is -2.31. The topological polar surface area (TPSA) is 8.29 Å². The third-order valence-electron chi connectivity index (χ3n) is 3.82. The summed E-state index contributed by atoms with van der Waals surface area (Å²) in [5.41, 5.74) is 7.76. The van der Waals surface area contributed by atoms with Gasteiger partial charge in [-0.05, 0) is 50.1 Å². The lowest BCUT2D eigenvalue weighted by molar-refractivity contribution is -0.660. The maximum Gasteiger partial charge on any atom is 0.214 e. The highest BCUT2D eigenvalue weighted by Gasteiger charge is 2.17. The molecule has 0 aliphatic heterocycles. The molecule has 0 atom stereocenters. The smallest absolute Gasteiger partial charge is 0.214 e. The maximum absolute atomic E-state index is 2.25. The lowest BCUT2D eigenvalue weighted by Gasteiger charge is -2.11. The molecule has 0 bridgehead atoms. The molecular weight excluding hydrogens is 232 g/mol. The molecular formula is C17H19N2+. The minimum atomic E-state index is 1.26. The molecule has 0 aliphatic carbocycles. The van der Waals surface area contributed by atoms with Gasteiger partial charge in [-0.25, -0.2) is 4.57 Å². The van der Waals surface area contributed by atoms with Crippen LogP contribution in [-0.2, 0) is 7.05 Å². The molecule has 0 aromatic carbocycles. The Morgan fingerprint density at radius 3 is 2.63 bits per heavy atom. The largest absolute Gasteiger partial charge is 0.320 e. The summed E-state index contributed by atoms with van der Waals surface area (Å²) < 4.78 is 4.45. The zero-order valence-electron chi connectivity index (χ0n) is 11.9. The second-order valence-electron chi connectivity index (χ2n) is 5.29. The van der Waals surface area contributed by atoms with Crippen LogP contribution in [0.2, 0.25) is 0 Å². The van der Waals surface area contributed by atoms with E-state index < -0.39 is 0 Å². The number of fused-ring (bicyclic) bond motifs is 1. The van der Waals surface area contributed by atoms with Gasteiger partial charge in [0.1, 0.15) is 7.05 Å². The molecule has 0 aliphatic rings. The molecule has 0 radical (unpaired) electrons. The van der Waals surface area contributed by atoms with Crippen LogP contribution in [0, 0.1) is 20.8 Å². The normalized spacial score (nSPS) is 11.2. The number of aryl methyl sites for hydroxylation is 4. The van der Waals surface area contributed by atoms with Crippen molar-refractivity contribution in [2.24, 2.45) is 7.05 Å². The molecule has 0 saturated carbocycles. The zero-order chi connectivity index (χ0) is 13.6. The third kappa shape index (κ3) is 1.84. The summed E-state index contributed by atoms with van der Waals surface area (Å²) in [5.74, 6) is 0. The Labute approximate surface area is 113 Å². The maximum atomic E-state index is 2.25. The molecule has 0 unspecified atom stereocenters. The van der Waals surface area contributed by atoms with Crippen molar-refractivity contribution in [2.75, 3.05) is 0 Å². The molecule has 96 valence electrons. The van der Waals surface area contributed by atoms with Crippen molar-refractivity contribution in [3.63, 3.8) is 0 Å². The van der Waals surface area contributed by atoms with Crippen molar-refractivity contribution in [3.05, 3.63) is 59.5 Å². The van der Waals surface area contributed by atoms with E-state index in [1.165, 1.54) is 33.6 Å². The minimum Gasteiger partial charge on any atom is -0.320 e. The quantitative estimate of drug-likeness (QED) is 0.586. The average Bonchev–Trinajstić information content (AvgIpc) is 2.82. The first-order chi connectivity index (χ1) is 9.08. The number of aromatic nitrogens is 2. The van der Waals surface area contributed by atoms with Crippen LogP contribution in [0.5, 0.6) is 0 Å². The van der Waals surface area contributed by atoms with E-state index >= 15 is 0 Å². The van der Waals surface area contributed by atoms with Crippen molar-refractivity contribution in [3.8, 4) is 11.3 Å². The van der Waals surface area contributed by atoms with Crippen LogP contribution in [0.15, 0.2) is 42.7 Å². The zero-order valence-corrected chi connectivity index (χ0v) is 11.9. The Bertz CT molecular complexity index is 766. The van der Waals surface area contributed by atoms with Gasteiger partial charge in [0.2, 0.25) is 5.69 Å². The first kappa shape index (κ1) is 12.0. The molecule has 19 heavy (non-hydrogen) atoms. The molecule has 0 spiro atoms. The van der Waals surface area contributed by atoms with Crippen molar-refractivity contribution in [1.82, 2.24) is 4.40 Å². The summed E-state index contributed by atoms with van der Waals surface area (Å²) in [6.07, 6.45) is 4.26. The number of hydrogen-bond acceptors (Lipinski definition) is 0. The predicted octanol–water partition coefficient (Wildman–Crippen LogP) is 3.36. The highest BCUT2D eigenvalue weighted by molar-refractivity contribution is 5.69. The molecule has 3 rings (SSSR count). The third-order valence-corrected chi connectivity index (χ3v) is 3.82. The van der Waals surface area contributed by atoms with Crippen LogP contribution >= 0.6 is 0 Å². The fourth-order valence-electron chi connectivity index (χ4n) is 2.83. The molecule has 0 saturated heterocycles. The van der Waals surface area contributed by atoms with Crippen LogP contribution in [0.25, 0.3) is 16.8 Å². The van der Waals surface area contributed by atoms with Gasteiger partial charge in [0.05, 0.1) is 5.56 Å². The van der Waals surface area contributed by atoms with Crippen LogP contribution in [0.3, 0.4) is 0 Å². The average molecular weight is 251 g/mol. The van der Waals surface area contributed by atoms with Gasteiger partial charge in [-0.1, -0.05) is 0 Å². The monoisotopic (exact) mass is 251 g/mol. The predicted molar refractivity (Wildman–Crippen MR) is 78.2 cm³/mol. The van der Waals surface area contributed by atoms with Gasteiger partial charge >= 0.3 is 0 Å². The Morgan fingerprint density at radius 2 is 1.84 bits per heavy atom. The molecule has 0 fully saturated rings. The van der Waals surface area contributed by atoms with E-state index in [2.05, 4.69) is 79.5 Å². The Kier molecular flexibility index (Phi) is 2.67. The Hall–Kier alpha value is -2.09. The van der Waals surface area contributed by atoms with E-state index in [1.807, 2.05) is 0 Å². The number of hydrogen-bond donors (Lipinski definition) is 0. The van der Waals surface area contributed by atoms with Crippen molar-refractivity contribution < 1.29 is 4.57 Å². The van der Waals surface area contributed by atoms with Crippen molar-refractivity contribution >= 4 is 5.52 Å². The second-order valence-corrected chi connectivity index (χ2v) is 5.29. The van der Waals surface area contributed by atoms with Crippen LogP contribution in [0.1, 0.15) is 16.8 Å². The minimum absolute atomic E-state index is 1.26. The summed E-state index contributed by atoms with van der Waals surface area (Å²) in [7, 11) is 2.10. The summed E-state index contributed by atoms with van der Waals surface area (Å²) >= 11 is 0. The van der Waals surface area contributed by atoms with E-state index in [0.29, 0.717) is 0 Å². The number of pyridine rings is 2. The van der Waals surface area contributed by atoms with E-state index in [0.717, 1.165) is 0 Å². The SMILES string of the molecule is Cc1cc[n+](C)c(-c2c(C)cc3cccn3c2C)c1. The fourth-order valence-corrected chi connectivity index (χ4v) is 2.83. The Balaban J connectivity index is 2.38. The summed E-state index contributed by atoms with van der Waals surface area (Å²) in [6.45, 7) is 6.53. The van der Waals surface area contributed by atoms with Gasteiger partial charge in [0, 0.05) is 29.5 Å². The first-order valence-corrected chi connectivity index (χ1v) is 6.62. The van der Waals surface area contributed by atoms with Crippen LogP contribution in [-0.4, -0.2) is 4.40 Å². The second kappa shape index (κ2) is 4.23. The van der Waals surface area contributed by atoms with Gasteiger partial charge in [0.15, 0.2) is 6.20 Å². The molecule has 3 aromatic heterocycles. The molecule has 2 nitrogen and oxygen atoms in total. The van der Waals surface area contributed by atoms with Gasteiger partial charge in [-0.2, -0.15) is 0 Å². The van der Waals surface area contributed by atoms with Crippen molar-refractivity contribution in [2.45, 2.75) is 20.8 Å². The molecule has 0 amide bonds. The van der Waals surface area contributed by atoms with Gasteiger partial charge in [-0.15, -0.1) is 0 Å². The highest BCUT2D eigenvalue weighted by atomic mass is 14.9. The van der Waals surface area contributed by atoms with E-state index in [-0.39, 0.29) is 0 Å². The van der Waals surface area contributed by atoms with Gasteiger partial charge in [0.25, 0.3) is 0 Å². The molecule has 3 heterocycles. The number of nitrogens with zero attached hydrogens (tertiary/aromatic N) is 2. The van der Waals surface area contributed by atoms with E-state index in [4.69, 9.17) is 0 Å². The molecule has 2 heteroatoms. The van der Waals surface area contributed by atoms with Gasteiger partial charge < -0.3 is 4.40 Å². The molecule has 0 N–H and O–H groups in total. The standard InChI is InChI=1S/C17H19N2/c1-12-7-9-18(4)16(10-12)17-13(2)11-15-6-5-8-19(15)14(17)3/h5-11H,1-4H3/q+1. The lowest BCUT2D eigenvalue weighted by atomic mass is 10.0. The Morgan fingerprint density at radius 1 is 1.05 bits per heavy atom. The first-order valence-electron chi connectivity index (χ1n) is 6.62. The van der Waals surface area contributed by atoms with Crippen molar-refractivity contribution in [1.29, 1.82) is 0 Å². The van der Waals surface area contributed by atoms with Crippen LogP contribution in [0.4, 0.5) is 0 Å².